The smallest absolute Gasteiger partial charge is 0.374 e. The lowest BCUT2D eigenvalue weighted by Crippen LogP contribution is -2.02. The largest absolute Gasteiger partial charge is 0.504 e. The molecule has 0 aliphatic carbocycles. The lowest BCUT2D eigenvalue weighted by atomic mass is 10.1. The summed E-state index contributed by atoms with van der Waals surface area (Å²) in [5.41, 5.74) is 0. The van der Waals surface area contributed by atoms with Gasteiger partial charge in [0.15, 0.2) is 5.76 Å². The molecule has 24 heavy (non-hydrogen) atoms. The van der Waals surface area contributed by atoms with Gasteiger partial charge in [-0.25, -0.2) is 4.79 Å². The number of aliphatic carboxylic acids is 1. The van der Waals surface area contributed by atoms with Gasteiger partial charge in [0.25, 0.3) is 0 Å². The molecule has 0 atom stereocenters. The number of unbranched alkanes of at least 4 members (excludes halogenated alkanes) is 9. The Morgan fingerprint density at radius 3 is 1.88 bits per heavy atom. The van der Waals surface area contributed by atoms with E-state index in [9.17, 15) is 9.90 Å². The van der Waals surface area contributed by atoms with Crippen LogP contribution in [0.5, 0.6) is 0 Å². The summed E-state index contributed by atoms with van der Waals surface area (Å²) in [6.45, 7) is 2.24. The second kappa shape index (κ2) is 15.9. The molecule has 0 aromatic heterocycles. The third-order valence-electron chi connectivity index (χ3n) is 3.64. The van der Waals surface area contributed by atoms with Gasteiger partial charge in [-0.1, -0.05) is 88.7 Å². The predicted molar refractivity (Wildman–Crippen MR) is 99.2 cm³/mol. The molecule has 0 saturated carbocycles. The van der Waals surface area contributed by atoms with E-state index in [-0.39, 0.29) is 0 Å². The van der Waals surface area contributed by atoms with Crippen LogP contribution >= 0.6 is 0 Å². The average Bonchev–Trinajstić information content (AvgIpc) is 2.57. The van der Waals surface area contributed by atoms with Crippen molar-refractivity contribution in [1.82, 2.24) is 0 Å². The number of carbonyl (C=O) groups is 1. The quantitative estimate of drug-likeness (QED) is 0.158. The Morgan fingerprint density at radius 1 is 0.750 bits per heavy atom. The molecule has 4 heteroatoms. The van der Waals surface area contributed by atoms with E-state index in [2.05, 4.69) is 13.0 Å². The van der Waals surface area contributed by atoms with Crippen molar-refractivity contribution in [3.63, 3.8) is 0 Å². The molecule has 0 amide bonds. The van der Waals surface area contributed by atoms with E-state index in [0.29, 0.717) is 0 Å². The molecule has 0 aliphatic rings. The molecule has 0 rings (SSSR count). The van der Waals surface area contributed by atoms with Crippen LogP contribution in [0.15, 0.2) is 48.0 Å². The standard InChI is InChI=1S/C20H32O4/c1-2-3-4-5-6-7-8-9-10-11-12-13-14-15-16-17-18(21)19(22)20(23)24/h12-17,21-22H,2-11H2,1H3,(H,23,24)/b13-12-,15-14+,17-16-,19-18+. The summed E-state index contributed by atoms with van der Waals surface area (Å²) in [5.74, 6) is -3.27. The van der Waals surface area contributed by atoms with E-state index in [1.165, 1.54) is 63.9 Å². The molecule has 0 saturated heterocycles. The molecule has 0 heterocycles. The average molecular weight is 336 g/mol. The Morgan fingerprint density at radius 2 is 1.29 bits per heavy atom. The number of hydrogen-bond acceptors (Lipinski definition) is 3. The highest BCUT2D eigenvalue weighted by Crippen LogP contribution is 2.10. The van der Waals surface area contributed by atoms with Gasteiger partial charge in [0, 0.05) is 0 Å². The van der Waals surface area contributed by atoms with Crippen LogP contribution in [0.3, 0.4) is 0 Å². The molecule has 0 aliphatic heterocycles. The van der Waals surface area contributed by atoms with E-state index in [1.807, 2.05) is 6.08 Å². The van der Waals surface area contributed by atoms with E-state index in [4.69, 9.17) is 10.2 Å². The first-order valence-electron chi connectivity index (χ1n) is 8.95. The van der Waals surface area contributed by atoms with Gasteiger partial charge in [0.05, 0.1) is 0 Å². The first-order chi connectivity index (χ1) is 11.6. The lowest BCUT2D eigenvalue weighted by molar-refractivity contribution is -0.135. The number of allylic oxidation sites excluding steroid dienone is 6. The Kier molecular flexibility index (Phi) is 14.6. The molecule has 3 N–H and O–H groups in total. The van der Waals surface area contributed by atoms with Crippen LogP contribution in [0.25, 0.3) is 0 Å². The molecular weight excluding hydrogens is 304 g/mol. The Hall–Kier alpha value is -1.97. The number of aliphatic hydroxyl groups is 2. The zero-order valence-corrected chi connectivity index (χ0v) is 14.8. The summed E-state index contributed by atoms with van der Waals surface area (Å²) >= 11 is 0. The van der Waals surface area contributed by atoms with Crippen molar-refractivity contribution in [2.75, 3.05) is 0 Å². The number of rotatable bonds is 14. The van der Waals surface area contributed by atoms with Gasteiger partial charge in [0.2, 0.25) is 5.76 Å². The maximum absolute atomic E-state index is 10.4. The summed E-state index contributed by atoms with van der Waals surface area (Å²) in [5, 5.41) is 26.6. The van der Waals surface area contributed by atoms with Crippen LogP contribution < -0.4 is 0 Å². The molecule has 0 unspecified atom stereocenters. The van der Waals surface area contributed by atoms with Gasteiger partial charge in [-0.15, -0.1) is 0 Å². The molecule has 0 radical (unpaired) electrons. The fourth-order valence-corrected chi connectivity index (χ4v) is 2.21. The SMILES string of the molecule is CCCCCCCCCCC\C=C/C=C/C=C\C(O)=C(/O)C(=O)O. The van der Waals surface area contributed by atoms with Crippen LogP contribution in [0.2, 0.25) is 0 Å². The summed E-state index contributed by atoms with van der Waals surface area (Å²) in [6.07, 6.45) is 23.1. The molecule has 0 aromatic carbocycles. The normalized spacial score (nSPS) is 13.2. The maximum Gasteiger partial charge on any atom is 0.374 e. The van der Waals surface area contributed by atoms with E-state index >= 15 is 0 Å². The van der Waals surface area contributed by atoms with Gasteiger partial charge in [-0.2, -0.15) is 0 Å². The molecular formula is C20H32O4. The zero-order chi connectivity index (χ0) is 18.0. The first-order valence-corrected chi connectivity index (χ1v) is 8.95. The highest BCUT2D eigenvalue weighted by Gasteiger charge is 2.08. The first kappa shape index (κ1) is 22.0. The summed E-state index contributed by atoms with van der Waals surface area (Å²) < 4.78 is 0. The van der Waals surface area contributed by atoms with Gasteiger partial charge in [-0.3, -0.25) is 0 Å². The van der Waals surface area contributed by atoms with Gasteiger partial charge in [-0.05, 0) is 18.9 Å². The van der Waals surface area contributed by atoms with Crippen LogP contribution in [0, 0.1) is 0 Å². The topological polar surface area (TPSA) is 77.8 Å². The van der Waals surface area contributed by atoms with Crippen molar-refractivity contribution in [3.8, 4) is 0 Å². The van der Waals surface area contributed by atoms with Crippen LogP contribution in [0.4, 0.5) is 0 Å². The van der Waals surface area contributed by atoms with Crippen molar-refractivity contribution in [2.45, 2.75) is 71.1 Å². The summed E-state index contributed by atoms with van der Waals surface area (Å²) in [6, 6.07) is 0. The molecule has 4 nitrogen and oxygen atoms in total. The highest BCUT2D eigenvalue weighted by atomic mass is 16.4. The minimum atomic E-state index is -1.55. The Balaban J connectivity index is 3.62. The van der Waals surface area contributed by atoms with Gasteiger partial charge >= 0.3 is 5.97 Å². The van der Waals surface area contributed by atoms with Crippen molar-refractivity contribution in [2.24, 2.45) is 0 Å². The van der Waals surface area contributed by atoms with Crippen molar-refractivity contribution < 1.29 is 20.1 Å². The number of carboxylic acids is 1. The predicted octanol–water partition coefficient (Wildman–Crippen LogP) is 5.99. The van der Waals surface area contributed by atoms with E-state index in [1.54, 1.807) is 12.2 Å². The van der Waals surface area contributed by atoms with Gasteiger partial charge in [0.1, 0.15) is 0 Å². The Labute approximate surface area is 145 Å². The fourth-order valence-electron chi connectivity index (χ4n) is 2.21. The molecule has 136 valence electrons. The molecule has 0 spiro atoms. The van der Waals surface area contributed by atoms with Crippen LogP contribution in [-0.4, -0.2) is 21.3 Å². The summed E-state index contributed by atoms with van der Waals surface area (Å²) in [4.78, 5) is 10.4. The molecule has 0 fully saturated rings. The monoisotopic (exact) mass is 336 g/mol. The van der Waals surface area contributed by atoms with Gasteiger partial charge < -0.3 is 15.3 Å². The van der Waals surface area contributed by atoms with Crippen LogP contribution in [-0.2, 0) is 4.79 Å². The van der Waals surface area contributed by atoms with Crippen molar-refractivity contribution in [1.29, 1.82) is 0 Å². The minimum Gasteiger partial charge on any atom is -0.504 e. The second-order valence-electron chi connectivity index (χ2n) is 5.83. The number of aliphatic hydroxyl groups excluding tert-OH is 2. The van der Waals surface area contributed by atoms with Crippen molar-refractivity contribution >= 4 is 5.97 Å². The van der Waals surface area contributed by atoms with Crippen LogP contribution in [0.1, 0.15) is 71.1 Å². The molecule has 0 aromatic rings. The van der Waals surface area contributed by atoms with E-state index in [0.717, 1.165) is 12.5 Å². The van der Waals surface area contributed by atoms with Crippen molar-refractivity contribution in [3.05, 3.63) is 48.0 Å². The third kappa shape index (κ3) is 13.7. The Bertz CT molecular complexity index is 445. The molecule has 0 bridgehead atoms. The second-order valence-corrected chi connectivity index (χ2v) is 5.83. The minimum absolute atomic E-state index is 0.661. The zero-order valence-electron chi connectivity index (χ0n) is 14.8. The highest BCUT2D eigenvalue weighted by molar-refractivity contribution is 5.84. The summed E-state index contributed by atoms with van der Waals surface area (Å²) in [7, 11) is 0. The maximum atomic E-state index is 10.4. The number of carboxylic acid groups (broad SMARTS) is 1. The third-order valence-corrected chi connectivity index (χ3v) is 3.64. The van der Waals surface area contributed by atoms with E-state index < -0.39 is 17.5 Å². The fraction of sp³-hybridized carbons (Fsp3) is 0.550. The number of hydrogen-bond donors (Lipinski definition) is 3. The lowest BCUT2D eigenvalue weighted by Gasteiger charge is -2.00.